The standard InChI is InChI=1S/C9H6FN2O6P/c10-5-3-6-4(1-7(5)12(14)15)2-8(9(13)11-6)19(16,17)18/h1-3H,(H,11,13)(H2,16,17,18). The van der Waals surface area contributed by atoms with Crippen molar-refractivity contribution in [3.63, 3.8) is 0 Å². The summed E-state index contributed by atoms with van der Waals surface area (Å²) in [5.41, 5.74) is -2.02. The number of benzene rings is 1. The fourth-order valence-electron chi connectivity index (χ4n) is 1.56. The average molecular weight is 288 g/mol. The SMILES string of the molecule is O=c1[nH]c2cc(F)c([N+](=O)[O-])cc2cc1P(=O)(O)O. The third kappa shape index (κ3) is 2.39. The highest BCUT2D eigenvalue weighted by Gasteiger charge is 2.23. The summed E-state index contributed by atoms with van der Waals surface area (Å²) in [4.78, 5) is 40.9. The second kappa shape index (κ2) is 4.23. The van der Waals surface area contributed by atoms with E-state index < -0.39 is 34.9 Å². The van der Waals surface area contributed by atoms with Crippen LogP contribution in [0.3, 0.4) is 0 Å². The first-order valence-electron chi connectivity index (χ1n) is 4.77. The van der Waals surface area contributed by atoms with Crippen molar-refractivity contribution in [1.29, 1.82) is 0 Å². The van der Waals surface area contributed by atoms with Crippen LogP contribution in [0.15, 0.2) is 23.0 Å². The van der Waals surface area contributed by atoms with Crippen molar-refractivity contribution < 1.29 is 23.7 Å². The number of nitro benzene ring substituents is 1. The number of pyridine rings is 1. The topological polar surface area (TPSA) is 134 Å². The average Bonchev–Trinajstić information content (AvgIpc) is 2.25. The molecular weight excluding hydrogens is 282 g/mol. The first-order valence-corrected chi connectivity index (χ1v) is 6.38. The highest BCUT2D eigenvalue weighted by atomic mass is 31.2. The highest BCUT2D eigenvalue weighted by Crippen LogP contribution is 2.32. The number of hydrogen-bond donors (Lipinski definition) is 3. The zero-order valence-electron chi connectivity index (χ0n) is 9.03. The maximum Gasteiger partial charge on any atom is 0.361 e. The number of halogens is 1. The molecule has 10 heteroatoms. The highest BCUT2D eigenvalue weighted by molar-refractivity contribution is 7.60. The van der Waals surface area contributed by atoms with Crippen LogP contribution in [0.5, 0.6) is 0 Å². The Morgan fingerprint density at radius 1 is 1.32 bits per heavy atom. The first-order chi connectivity index (χ1) is 8.70. The van der Waals surface area contributed by atoms with E-state index in [-0.39, 0.29) is 10.9 Å². The van der Waals surface area contributed by atoms with Crippen molar-refractivity contribution in [1.82, 2.24) is 4.98 Å². The molecule has 0 saturated heterocycles. The van der Waals surface area contributed by atoms with Crippen molar-refractivity contribution >= 4 is 29.5 Å². The van der Waals surface area contributed by atoms with Gasteiger partial charge in [-0.1, -0.05) is 0 Å². The molecule has 0 bridgehead atoms. The van der Waals surface area contributed by atoms with E-state index in [9.17, 15) is 23.9 Å². The van der Waals surface area contributed by atoms with E-state index in [1.165, 1.54) is 0 Å². The lowest BCUT2D eigenvalue weighted by atomic mass is 10.2. The van der Waals surface area contributed by atoms with Crippen LogP contribution in [0, 0.1) is 15.9 Å². The van der Waals surface area contributed by atoms with Gasteiger partial charge >= 0.3 is 13.3 Å². The normalized spacial score (nSPS) is 11.7. The van der Waals surface area contributed by atoms with Gasteiger partial charge < -0.3 is 14.8 Å². The number of nitrogens with zero attached hydrogens (tertiary/aromatic N) is 1. The van der Waals surface area contributed by atoms with E-state index >= 15 is 0 Å². The van der Waals surface area contributed by atoms with Gasteiger partial charge in [0.2, 0.25) is 5.82 Å². The number of nitro groups is 1. The molecule has 0 radical (unpaired) electrons. The van der Waals surface area contributed by atoms with Crippen LogP contribution in [-0.2, 0) is 4.57 Å². The van der Waals surface area contributed by atoms with Crippen LogP contribution in [-0.4, -0.2) is 19.7 Å². The number of nitrogens with one attached hydrogen (secondary N) is 1. The van der Waals surface area contributed by atoms with E-state index in [0.717, 1.165) is 18.2 Å². The summed E-state index contributed by atoms with van der Waals surface area (Å²) < 4.78 is 24.4. The third-order valence-corrected chi connectivity index (χ3v) is 3.36. The second-order valence-electron chi connectivity index (χ2n) is 3.68. The molecule has 100 valence electrons. The molecule has 0 amide bonds. The van der Waals surface area contributed by atoms with Crippen molar-refractivity contribution in [2.45, 2.75) is 0 Å². The van der Waals surface area contributed by atoms with E-state index in [1.807, 2.05) is 0 Å². The molecule has 0 aliphatic carbocycles. The van der Waals surface area contributed by atoms with Crippen molar-refractivity contribution in [2.75, 3.05) is 0 Å². The Morgan fingerprint density at radius 2 is 1.95 bits per heavy atom. The molecular formula is C9H6FN2O6P. The number of hydrogen-bond acceptors (Lipinski definition) is 4. The van der Waals surface area contributed by atoms with E-state index in [1.54, 1.807) is 0 Å². The zero-order valence-corrected chi connectivity index (χ0v) is 9.93. The molecule has 3 N–H and O–H groups in total. The summed E-state index contributed by atoms with van der Waals surface area (Å²) in [6.45, 7) is 0. The third-order valence-electron chi connectivity index (χ3n) is 2.40. The van der Waals surface area contributed by atoms with Crippen LogP contribution >= 0.6 is 7.60 Å². The van der Waals surface area contributed by atoms with Gasteiger partial charge in [-0.2, -0.15) is 4.39 Å². The Balaban J connectivity index is 2.85. The van der Waals surface area contributed by atoms with Crippen LogP contribution in [0.4, 0.5) is 10.1 Å². The Hall–Kier alpha value is -2.09. The molecule has 1 aromatic heterocycles. The second-order valence-corrected chi connectivity index (χ2v) is 5.25. The number of H-pyrrole nitrogens is 1. The number of fused-ring (bicyclic) bond motifs is 1. The molecule has 19 heavy (non-hydrogen) atoms. The molecule has 0 aliphatic rings. The van der Waals surface area contributed by atoms with E-state index in [4.69, 9.17) is 9.79 Å². The molecule has 8 nitrogen and oxygen atoms in total. The van der Waals surface area contributed by atoms with Crippen LogP contribution < -0.4 is 10.9 Å². The minimum absolute atomic E-state index is 0.0500. The maximum atomic E-state index is 13.3. The number of aromatic amines is 1. The molecule has 0 saturated carbocycles. The summed E-state index contributed by atoms with van der Waals surface area (Å²) in [6, 6.07) is 2.32. The fraction of sp³-hybridized carbons (Fsp3) is 0. The zero-order chi connectivity index (χ0) is 14.4. The Morgan fingerprint density at radius 3 is 2.47 bits per heavy atom. The minimum atomic E-state index is -4.82. The van der Waals surface area contributed by atoms with Gasteiger partial charge in [-0.25, -0.2) is 0 Å². The van der Waals surface area contributed by atoms with Crippen molar-refractivity contribution in [3.05, 3.63) is 44.5 Å². The lowest BCUT2D eigenvalue weighted by molar-refractivity contribution is -0.387. The van der Waals surface area contributed by atoms with Gasteiger partial charge in [-0.3, -0.25) is 19.5 Å². The summed E-state index contributed by atoms with van der Waals surface area (Å²) in [7, 11) is -4.82. The van der Waals surface area contributed by atoms with Gasteiger partial charge in [0.25, 0.3) is 5.56 Å². The monoisotopic (exact) mass is 288 g/mol. The molecule has 0 aliphatic heterocycles. The number of aromatic nitrogens is 1. The molecule has 2 rings (SSSR count). The van der Waals surface area contributed by atoms with Crippen LogP contribution in [0.25, 0.3) is 10.9 Å². The molecule has 0 unspecified atom stereocenters. The summed E-state index contributed by atoms with van der Waals surface area (Å²) in [5.74, 6) is -1.16. The molecule has 2 aromatic rings. The fourth-order valence-corrected chi connectivity index (χ4v) is 2.19. The number of rotatable bonds is 2. The lowest BCUT2D eigenvalue weighted by Gasteiger charge is -2.05. The lowest BCUT2D eigenvalue weighted by Crippen LogP contribution is -2.26. The van der Waals surface area contributed by atoms with Gasteiger partial charge in [-0.15, -0.1) is 0 Å². The first kappa shape index (κ1) is 13.3. The molecule has 1 heterocycles. The summed E-state index contributed by atoms with van der Waals surface area (Å²) in [5, 5.41) is 9.67. The smallest absolute Gasteiger partial charge is 0.321 e. The molecule has 0 fully saturated rings. The maximum absolute atomic E-state index is 13.3. The van der Waals surface area contributed by atoms with Gasteiger partial charge in [0.1, 0.15) is 5.30 Å². The predicted octanol–water partition coefficient (Wildman–Crippen LogP) is 0.378. The Bertz CT molecular complexity index is 795. The van der Waals surface area contributed by atoms with E-state index in [2.05, 4.69) is 4.98 Å². The molecule has 0 spiro atoms. The molecule has 1 aromatic carbocycles. The quantitative estimate of drug-likeness (QED) is 0.415. The van der Waals surface area contributed by atoms with Gasteiger partial charge in [0, 0.05) is 17.5 Å². The summed E-state index contributed by atoms with van der Waals surface area (Å²) >= 11 is 0. The van der Waals surface area contributed by atoms with Crippen molar-refractivity contribution in [3.8, 4) is 0 Å². The predicted molar refractivity (Wildman–Crippen MR) is 62.9 cm³/mol. The largest absolute Gasteiger partial charge is 0.361 e. The van der Waals surface area contributed by atoms with Gasteiger partial charge in [0.15, 0.2) is 0 Å². The van der Waals surface area contributed by atoms with Gasteiger partial charge in [-0.05, 0) is 6.07 Å². The van der Waals surface area contributed by atoms with E-state index in [0.29, 0.717) is 0 Å². The minimum Gasteiger partial charge on any atom is -0.321 e. The Labute approximate surface area is 103 Å². The summed E-state index contributed by atoms with van der Waals surface area (Å²) in [6.07, 6.45) is 0. The Kier molecular flexibility index (Phi) is 2.97. The van der Waals surface area contributed by atoms with Crippen molar-refractivity contribution in [2.24, 2.45) is 0 Å². The van der Waals surface area contributed by atoms with Gasteiger partial charge in [0.05, 0.1) is 10.4 Å². The van der Waals surface area contributed by atoms with Crippen LogP contribution in [0.2, 0.25) is 0 Å². The molecule has 0 atom stereocenters. The van der Waals surface area contributed by atoms with Crippen LogP contribution in [0.1, 0.15) is 0 Å².